The van der Waals surface area contributed by atoms with Crippen LogP contribution < -0.4 is 10.0 Å². The highest BCUT2D eigenvalue weighted by Gasteiger charge is 2.47. The molecule has 1 amide bonds. The summed E-state index contributed by atoms with van der Waals surface area (Å²) in [5.74, 6) is -0.334. The monoisotopic (exact) mass is 343 g/mol. The van der Waals surface area contributed by atoms with E-state index in [0.717, 1.165) is 0 Å². The topological polar surface area (TPSA) is 89.4 Å². The Morgan fingerprint density at radius 3 is 2.43 bits per heavy atom. The summed E-state index contributed by atoms with van der Waals surface area (Å²) in [4.78, 5) is 11.8. The molecule has 0 bridgehead atoms. The summed E-state index contributed by atoms with van der Waals surface area (Å²) in [6, 6.07) is 1.03. The number of nitrogens with zero attached hydrogens (tertiary/aromatic N) is 1. The molecule has 1 aliphatic rings. The molecule has 2 heterocycles. The van der Waals surface area contributed by atoms with E-state index in [0.29, 0.717) is 6.42 Å². The predicted molar refractivity (Wildman–Crippen MR) is 86.8 cm³/mol. The maximum absolute atomic E-state index is 12.7. The van der Waals surface area contributed by atoms with Gasteiger partial charge in [-0.25, -0.2) is 13.1 Å². The number of carbonyl (C=O) groups excluding carboxylic acids is 1. The number of hydrogen-bond acceptors (Lipinski definition) is 4. The first-order valence-corrected chi connectivity index (χ1v) is 8.97. The molecule has 1 aromatic rings. The van der Waals surface area contributed by atoms with E-state index in [-0.39, 0.29) is 28.1 Å². The van der Waals surface area contributed by atoms with E-state index in [1.807, 2.05) is 27.7 Å². The number of sulfonamides is 1. The average Bonchev–Trinajstić information content (AvgIpc) is 2.86. The second-order valence-corrected chi connectivity index (χ2v) is 8.81. The molecule has 1 atom stereocenters. The van der Waals surface area contributed by atoms with Crippen molar-refractivity contribution >= 4 is 15.9 Å². The fourth-order valence-electron chi connectivity index (χ4n) is 3.04. The van der Waals surface area contributed by atoms with Crippen molar-refractivity contribution < 1.29 is 17.9 Å². The molecule has 130 valence electrons. The fraction of sp³-hybridized carbons (Fsp3) is 0.667. The van der Waals surface area contributed by atoms with E-state index in [1.54, 1.807) is 7.05 Å². The van der Waals surface area contributed by atoms with Crippen LogP contribution in [0.5, 0.6) is 0 Å². The number of hydrogen-bond donors (Lipinski definition) is 2. The van der Waals surface area contributed by atoms with E-state index < -0.39 is 15.6 Å². The lowest BCUT2D eigenvalue weighted by atomic mass is 9.96. The molecule has 1 aliphatic heterocycles. The summed E-state index contributed by atoms with van der Waals surface area (Å²) in [5, 5.41) is 2.49. The van der Waals surface area contributed by atoms with Gasteiger partial charge in [0.1, 0.15) is 10.6 Å². The van der Waals surface area contributed by atoms with Gasteiger partial charge in [0, 0.05) is 20.3 Å². The van der Waals surface area contributed by atoms with E-state index >= 15 is 0 Å². The molecule has 0 aliphatic carbocycles. The van der Waals surface area contributed by atoms with Crippen LogP contribution in [0.3, 0.4) is 0 Å². The minimum absolute atomic E-state index is 0.0686. The fourth-order valence-corrected chi connectivity index (χ4v) is 4.48. The summed E-state index contributed by atoms with van der Waals surface area (Å²) >= 11 is 0. The van der Waals surface area contributed by atoms with Crippen molar-refractivity contribution in [2.75, 3.05) is 7.05 Å². The summed E-state index contributed by atoms with van der Waals surface area (Å²) < 4.78 is 35.4. The minimum atomic E-state index is -3.74. The molecule has 0 spiro atoms. The van der Waals surface area contributed by atoms with Crippen molar-refractivity contribution in [3.8, 4) is 0 Å². The van der Waals surface area contributed by atoms with Gasteiger partial charge in [-0.2, -0.15) is 0 Å². The highest BCUT2D eigenvalue weighted by molar-refractivity contribution is 7.89. The molecule has 2 N–H and O–H groups in total. The Bertz CT molecular complexity index is 719. The van der Waals surface area contributed by atoms with Gasteiger partial charge in [-0.3, -0.25) is 4.79 Å². The standard InChI is InChI=1S/C15H25N3O4S/c1-14(2)8-12(15(3,4)22-14)17-23(20,21)10-7-11(13(19)16-5)18(6)9-10/h7,9,12,17H,8H2,1-6H3,(H,16,19). The van der Waals surface area contributed by atoms with Crippen LogP contribution in [0.4, 0.5) is 0 Å². The third-order valence-corrected chi connectivity index (χ3v) is 5.56. The van der Waals surface area contributed by atoms with Crippen molar-refractivity contribution in [3.05, 3.63) is 18.0 Å². The highest BCUT2D eigenvalue weighted by Crippen LogP contribution is 2.37. The van der Waals surface area contributed by atoms with Crippen LogP contribution in [0.25, 0.3) is 0 Å². The van der Waals surface area contributed by atoms with Crippen LogP contribution in [-0.4, -0.2) is 43.2 Å². The molecule has 1 fully saturated rings. The molecular weight excluding hydrogens is 318 g/mol. The zero-order valence-corrected chi connectivity index (χ0v) is 15.2. The molecule has 1 saturated heterocycles. The van der Waals surface area contributed by atoms with Crippen LogP contribution in [0, 0.1) is 0 Å². The van der Waals surface area contributed by atoms with Gasteiger partial charge in [0.05, 0.1) is 17.2 Å². The summed E-state index contributed by atoms with van der Waals surface area (Å²) in [5.41, 5.74) is -0.703. The molecule has 1 unspecified atom stereocenters. The maximum Gasteiger partial charge on any atom is 0.267 e. The van der Waals surface area contributed by atoms with Crippen molar-refractivity contribution in [1.82, 2.24) is 14.6 Å². The Labute approximate surface area is 137 Å². The van der Waals surface area contributed by atoms with Crippen molar-refractivity contribution in [3.63, 3.8) is 0 Å². The van der Waals surface area contributed by atoms with Gasteiger partial charge >= 0.3 is 0 Å². The molecule has 8 heteroatoms. The molecule has 7 nitrogen and oxygen atoms in total. The first kappa shape index (κ1) is 18.0. The lowest BCUT2D eigenvalue weighted by Gasteiger charge is -2.27. The van der Waals surface area contributed by atoms with Crippen molar-refractivity contribution in [1.29, 1.82) is 0 Å². The van der Waals surface area contributed by atoms with Crippen LogP contribution in [0.2, 0.25) is 0 Å². The highest BCUT2D eigenvalue weighted by atomic mass is 32.2. The van der Waals surface area contributed by atoms with Crippen LogP contribution in [-0.2, 0) is 21.8 Å². The molecular formula is C15H25N3O4S. The second-order valence-electron chi connectivity index (χ2n) is 7.09. The van der Waals surface area contributed by atoms with Crippen molar-refractivity contribution in [2.24, 2.45) is 7.05 Å². The third kappa shape index (κ3) is 3.59. The van der Waals surface area contributed by atoms with Gasteiger partial charge in [0.25, 0.3) is 5.91 Å². The van der Waals surface area contributed by atoms with Gasteiger partial charge in [0.2, 0.25) is 10.0 Å². The summed E-state index contributed by atoms with van der Waals surface area (Å²) in [6.45, 7) is 7.62. The van der Waals surface area contributed by atoms with E-state index in [1.165, 1.54) is 23.9 Å². The number of rotatable bonds is 4. The van der Waals surface area contributed by atoms with Crippen LogP contribution in [0.1, 0.15) is 44.6 Å². The van der Waals surface area contributed by atoms with Crippen molar-refractivity contribution in [2.45, 2.75) is 56.3 Å². The lowest BCUT2D eigenvalue weighted by molar-refractivity contribution is -0.0684. The SMILES string of the molecule is CNC(=O)c1cc(S(=O)(=O)NC2CC(C)(C)OC2(C)C)cn1C. The lowest BCUT2D eigenvalue weighted by Crippen LogP contribution is -2.45. The first-order valence-electron chi connectivity index (χ1n) is 7.49. The van der Waals surface area contributed by atoms with E-state index in [9.17, 15) is 13.2 Å². The van der Waals surface area contributed by atoms with Gasteiger partial charge in [-0.1, -0.05) is 0 Å². The number of amides is 1. The zero-order valence-electron chi connectivity index (χ0n) is 14.4. The average molecular weight is 343 g/mol. The number of carbonyl (C=O) groups is 1. The number of aryl methyl sites for hydroxylation is 1. The van der Waals surface area contributed by atoms with Crippen LogP contribution in [0.15, 0.2) is 17.2 Å². The van der Waals surface area contributed by atoms with Gasteiger partial charge in [0.15, 0.2) is 0 Å². The first-order chi connectivity index (χ1) is 10.4. The van der Waals surface area contributed by atoms with Crippen LogP contribution >= 0.6 is 0 Å². The van der Waals surface area contributed by atoms with Gasteiger partial charge in [-0.15, -0.1) is 0 Å². The Morgan fingerprint density at radius 1 is 1.35 bits per heavy atom. The normalized spacial score (nSPS) is 23.0. The number of ether oxygens (including phenoxy) is 1. The smallest absolute Gasteiger partial charge is 0.267 e. The van der Waals surface area contributed by atoms with E-state index in [4.69, 9.17) is 4.74 Å². The zero-order chi connectivity index (χ0) is 17.6. The largest absolute Gasteiger partial charge is 0.368 e. The predicted octanol–water partition coefficient (Wildman–Crippen LogP) is 1.01. The molecule has 23 heavy (non-hydrogen) atoms. The maximum atomic E-state index is 12.7. The number of nitrogens with one attached hydrogen (secondary N) is 2. The Kier molecular flexibility index (Phi) is 4.38. The molecule has 0 radical (unpaired) electrons. The molecule has 0 aromatic carbocycles. The minimum Gasteiger partial charge on any atom is -0.368 e. The van der Waals surface area contributed by atoms with Gasteiger partial charge < -0.3 is 14.6 Å². The Morgan fingerprint density at radius 2 is 1.96 bits per heavy atom. The molecule has 0 saturated carbocycles. The summed E-state index contributed by atoms with van der Waals surface area (Å²) in [6.07, 6.45) is 2.01. The quantitative estimate of drug-likeness (QED) is 0.854. The number of aromatic nitrogens is 1. The third-order valence-electron chi connectivity index (χ3n) is 4.12. The Balaban J connectivity index is 2.28. The van der Waals surface area contributed by atoms with Gasteiger partial charge in [-0.05, 0) is 40.2 Å². The second kappa shape index (κ2) is 5.61. The summed E-state index contributed by atoms with van der Waals surface area (Å²) in [7, 11) is -0.603. The Hall–Kier alpha value is -1.38. The molecule has 1 aromatic heterocycles. The van der Waals surface area contributed by atoms with E-state index in [2.05, 4.69) is 10.0 Å². The molecule has 2 rings (SSSR count).